The number of morpholine rings is 1. The Kier molecular flexibility index (Phi) is 3.71. The number of carbonyl (C=O) groups is 1. The van der Waals surface area contributed by atoms with Crippen LogP contribution < -0.4 is 5.73 Å². The number of rotatable bonds is 3. The lowest BCUT2D eigenvalue weighted by atomic mass is 10.1. The largest absolute Gasteiger partial charge is 0.373 e. The summed E-state index contributed by atoms with van der Waals surface area (Å²) in [4.78, 5) is 17.4. The quantitative estimate of drug-likeness (QED) is 0.872. The minimum atomic E-state index is -0.0318. The molecule has 3 rings (SSSR count). The van der Waals surface area contributed by atoms with E-state index >= 15 is 0 Å². The second kappa shape index (κ2) is 5.64. The van der Waals surface area contributed by atoms with Crippen LogP contribution >= 0.6 is 0 Å². The summed E-state index contributed by atoms with van der Waals surface area (Å²) in [5.74, 6) is 0.136. The van der Waals surface area contributed by atoms with Crippen LogP contribution in [0.5, 0.6) is 0 Å². The first-order valence-corrected chi connectivity index (χ1v) is 6.92. The fourth-order valence-corrected chi connectivity index (χ4v) is 2.64. The molecular weight excluding hydrogens is 254 g/mol. The van der Waals surface area contributed by atoms with E-state index in [0.29, 0.717) is 32.7 Å². The molecule has 3 N–H and O–H groups in total. The number of nitrogens with one attached hydrogen (secondary N) is 1. The summed E-state index contributed by atoms with van der Waals surface area (Å²) >= 11 is 0. The van der Waals surface area contributed by atoms with Crippen molar-refractivity contribution in [2.45, 2.75) is 12.5 Å². The van der Waals surface area contributed by atoms with Crippen molar-refractivity contribution in [1.29, 1.82) is 0 Å². The highest BCUT2D eigenvalue weighted by Crippen LogP contribution is 2.19. The van der Waals surface area contributed by atoms with E-state index in [1.807, 2.05) is 35.4 Å². The summed E-state index contributed by atoms with van der Waals surface area (Å²) in [5, 5.41) is 1.12. The van der Waals surface area contributed by atoms with E-state index in [0.717, 1.165) is 16.5 Å². The molecule has 1 fully saturated rings. The zero-order chi connectivity index (χ0) is 13.9. The van der Waals surface area contributed by atoms with Crippen molar-refractivity contribution in [3.8, 4) is 0 Å². The van der Waals surface area contributed by atoms with Gasteiger partial charge in [-0.15, -0.1) is 0 Å². The monoisotopic (exact) mass is 273 g/mol. The lowest BCUT2D eigenvalue weighted by Crippen LogP contribution is -2.48. The van der Waals surface area contributed by atoms with Crippen molar-refractivity contribution >= 4 is 16.8 Å². The molecule has 0 aliphatic carbocycles. The van der Waals surface area contributed by atoms with Crippen LogP contribution in [0, 0.1) is 0 Å². The van der Waals surface area contributed by atoms with Crippen LogP contribution in [0.4, 0.5) is 0 Å². The summed E-state index contributed by atoms with van der Waals surface area (Å²) in [6.45, 7) is 2.27. The topological polar surface area (TPSA) is 71.3 Å². The van der Waals surface area contributed by atoms with Gasteiger partial charge in [0.25, 0.3) is 0 Å². The molecule has 0 saturated carbocycles. The number of carbonyl (C=O) groups excluding carboxylic acids is 1. The molecule has 1 aliphatic rings. The molecule has 1 aliphatic heterocycles. The number of H-pyrrole nitrogens is 1. The zero-order valence-electron chi connectivity index (χ0n) is 11.3. The molecule has 1 aromatic carbocycles. The van der Waals surface area contributed by atoms with Crippen LogP contribution in [0.2, 0.25) is 0 Å². The summed E-state index contributed by atoms with van der Waals surface area (Å²) in [6.07, 6.45) is 2.31. The molecule has 1 unspecified atom stereocenters. The number of aromatic amines is 1. The Hall–Kier alpha value is -1.85. The molecule has 106 valence electrons. The first-order valence-electron chi connectivity index (χ1n) is 6.92. The average molecular weight is 273 g/mol. The third-order valence-electron chi connectivity index (χ3n) is 3.77. The summed E-state index contributed by atoms with van der Waals surface area (Å²) < 4.78 is 5.49. The summed E-state index contributed by atoms with van der Waals surface area (Å²) in [6, 6.07) is 8.03. The average Bonchev–Trinajstić information content (AvgIpc) is 2.90. The number of nitrogens with two attached hydrogens (primary N) is 1. The lowest BCUT2D eigenvalue weighted by Gasteiger charge is -2.32. The molecule has 1 aromatic heterocycles. The molecule has 0 spiro atoms. The van der Waals surface area contributed by atoms with Gasteiger partial charge in [0.1, 0.15) is 0 Å². The number of ether oxygens (including phenoxy) is 1. The van der Waals surface area contributed by atoms with Crippen molar-refractivity contribution in [2.24, 2.45) is 5.73 Å². The third-order valence-corrected chi connectivity index (χ3v) is 3.77. The van der Waals surface area contributed by atoms with Gasteiger partial charge in [0.05, 0.1) is 19.1 Å². The van der Waals surface area contributed by atoms with Crippen LogP contribution in [-0.4, -0.2) is 48.1 Å². The lowest BCUT2D eigenvalue weighted by molar-refractivity contribution is -0.137. The van der Waals surface area contributed by atoms with E-state index in [4.69, 9.17) is 10.5 Å². The molecule has 0 bridgehead atoms. The van der Waals surface area contributed by atoms with Gasteiger partial charge in [-0.2, -0.15) is 0 Å². The van der Waals surface area contributed by atoms with Gasteiger partial charge in [0.15, 0.2) is 0 Å². The minimum absolute atomic E-state index is 0.0318. The molecule has 1 saturated heterocycles. The Balaban J connectivity index is 1.72. The first-order chi connectivity index (χ1) is 9.78. The smallest absolute Gasteiger partial charge is 0.227 e. The molecule has 20 heavy (non-hydrogen) atoms. The van der Waals surface area contributed by atoms with Crippen molar-refractivity contribution in [2.75, 3.05) is 26.2 Å². The third kappa shape index (κ3) is 2.55. The van der Waals surface area contributed by atoms with E-state index in [1.165, 1.54) is 0 Å². The van der Waals surface area contributed by atoms with Crippen molar-refractivity contribution < 1.29 is 9.53 Å². The van der Waals surface area contributed by atoms with Crippen LogP contribution in [0.15, 0.2) is 30.5 Å². The van der Waals surface area contributed by atoms with Gasteiger partial charge in [-0.1, -0.05) is 18.2 Å². The number of amides is 1. The summed E-state index contributed by atoms with van der Waals surface area (Å²) in [7, 11) is 0. The number of hydrogen-bond donors (Lipinski definition) is 2. The van der Waals surface area contributed by atoms with E-state index in [9.17, 15) is 4.79 Å². The van der Waals surface area contributed by atoms with Gasteiger partial charge in [-0.3, -0.25) is 4.79 Å². The first kappa shape index (κ1) is 13.1. The van der Waals surface area contributed by atoms with Crippen LogP contribution in [0.25, 0.3) is 10.9 Å². The number of nitrogens with zero attached hydrogens (tertiary/aromatic N) is 1. The number of hydrogen-bond acceptors (Lipinski definition) is 3. The van der Waals surface area contributed by atoms with Crippen molar-refractivity contribution in [3.63, 3.8) is 0 Å². The predicted molar refractivity (Wildman–Crippen MR) is 77.4 cm³/mol. The van der Waals surface area contributed by atoms with Gasteiger partial charge in [0, 0.05) is 36.7 Å². The maximum absolute atomic E-state index is 12.4. The Morgan fingerprint density at radius 1 is 1.45 bits per heavy atom. The van der Waals surface area contributed by atoms with Crippen LogP contribution in [0.1, 0.15) is 5.56 Å². The molecule has 5 nitrogen and oxygen atoms in total. The predicted octanol–water partition coefficient (Wildman–Crippen LogP) is 0.896. The Bertz CT molecular complexity index is 608. The van der Waals surface area contributed by atoms with Crippen LogP contribution in [-0.2, 0) is 16.0 Å². The fraction of sp³-hybridized carbons (Fsp3) is 0.400. The Morgan fingerprint density at radius 3 is 3.15 bits per heavy atom. The molecular formula is C15H19N3O2. The summed E-state index contributed by atoms with van der Waals surface area (Å²) in [5.41, 5.74) is 7.72. The van der Waals surface area contributed by atoms with E-state index < -0.39 is 0 Å². The number of fused-ring (bicyclic) bond motifs is 1. The van der Waals surface area contributed by atoms with E-state index in [2.05, 4.69) is 4.98 Å². The Morgan fingerprint density at radius 2 is 2.30 bits per heavy atom. The zero-order valence-corrected chi connectivity index (χ0v) is 11.3. The van der Waals surface area contributed by atoms with Gasteiger partial charge >= 0.3 is 0 Å². The van der Waals surface area contributed by atoms with Gasteiger partial charge in [-0.05, 0) is 11.6 Å². The van der Waals surface area contributed by atoms with Gasteiger partial charge in [0.2, 0.25) is 5.91 Å². The highest BCUT2D eigenvalue weighted by atomic mass is 16.5. The van der Waals surface area contributed by atoms with Crippen molar-refractivity contribution in [3.05, 3.63) is 36.0 Å². The van der Waals surface area contributed by atoms with Crippen LogP contribution in [0.3, 0.4) is 0 Å². The highest BCUT2D eigenvalue weighted by molar-refractivity contribution is 5.88. The van der Waals surface area contributed by atoms with E-state index in [-0.39, 0.29) is 12.0 Å². The molecule has 2 aromatic rings. The second-order valence-electron chi connectivity index (χ2n) is 5.10. The molecule has 0 radical (unpaired) electrons. The number of aromatic nitrogens is 1. The molecule has 1 atom stereocenters. The second-order valence-corrected chi connectivity index (χ2v) is 5.10. The maximum atomic E-state index is 12.4. The van der Waals surface area contributed by atoms with E-state index in [1.54, 1.807) is 0 Å². The SMILES string of the molecule is NCC1CN(C(=O)Cc2c[nH]c3ccccc23)CCO1. The Labute approximate surface area is 117 Å². The minimum Gasteiger partial charge on any atom is -0.373 e. The normalized spacial score (nSPS) is 19.4. The van der Waals surface area contributed by atoms with Crippen molar-refractivity contribution in [1.82, 2.24) is 9.88 Å². The van der Waals surface area contributed by atoms with Gasteiger partial charge in [-0.25, -0.2) is 0 Å². The molecule has 1 amide bonds. The fourth-order valence-electron chi connectivity index (χ4n) is 2.64. The maximum Gasteiger partial charge on any atom is 0.227 e. The highest BCUT2D eigenvalue weighted by Gasteiger charge is 2.23. The number of para-hydroxylation sites is 1. The number of benzene rings is 1. The standard InChI is InChI=1S/C15H19N3O2/c16-8-12-10-18(5-6-20-12)15(19)7-11-9-17-14-4-2-1-3-13(11)14/h1-4,9,12,17H,5-8,10,16H2. The molecule has 2 heterocycles. The molecule has 5 heteroatoms. The van der Waals surface area contributed by atoms with Gasteiger partial charge < -0.3 is 20.4 Å².